The molecule has 2 aromatic rings. The molecule has 1 unspecified atom stereocenters. The monoisotopic (exact) mass is 350 g/mol. The number of hydrogen-bond acceptors (Lipinski definition) is 6. The summed E-state index contributed by atoms with van der Waals surface area (Å²) in [5.74, 6) is 0.564. The average Bonchev–Trinajstić information content (AvgIpc) is 2.56. The van der Waals surface area contributed by atoms with Crippen molar-refractivity contribution in [3.63, 3.8) is 0 Å². The first-order valence-electron chi connectivity index (χ1n) is 7.74. The number of fused-ring (bicyclic) bond motifs is 1. The molecule has 2 aromatic carbocycles. The predicted octanol–water partition coefficient (Wildman–Crippen LogP) is 3.18. The Morgan fingerprint density at radius 1 is 1.12 bits per heavy atom. The van der Waals surface area contributed by atoms with Crippen molar-refractivity contribution in [1.29, 1.82) is 0 Å². The lowest BCUT2D eigenvalue weighted by Crippen LogP contribution is -2.42. The highest BCUT2D eigenvalue weighted by Gasteiger charge is 2.42. The van der Waals surface area contributed by atoms with Crippen LogP contribution in [0.3, 0.4) is 0 Å². The molecule has 130 valence electrons. The van der Waals surface area contributed by atoms with E-state index in [1.807, 2.05) is 42.5 Å². The van der Waals surface area contributed by atoms with Gasteiger partial charge in [-0.2, -0.15) is 0 Å². The molecule has 0 bridgehead atoms. The third kappa shape index (κ3) is 3.22. The number of likely N-dealkylation sites (N-methyl/N-ethyl adjacent to an activating group) is 1. The number of aliphatic hydroxyl groups is 1. The fourth-order valence-corrected chi connectivity index (χ4v) is 4.59. The van der Waals surface area contributed by atoms with Gasteiger partial charge in [0.2, 0.25) is 5.44 Å². The standard InChI is InChI=1S/C17H22N2O4S/c1-18-12-14(20)11-17-23-16-10-6-5-9-15(16)19(24(17,21)22)13-7-3-2-4-8-13/h2-10,14,17-18,20-22H,11-12H2,1H3/t14-,17?/m0/s1. The number of nitrogens with zero attached hydrogens (tertiary/aromatic N) is 1. The van der Waals surface area contributed by atoms with E-state index in [2.05, 4.69) is 5.32 Å². The van der Waals surface area contributed by atoms with Gasteiger partial charge in [-0.15, -0.1) is 0 Å². The van der Waals surface area contributed by atoms with Gasteiger partial charge in [0.1, 0.15) is 11.4 Å². The van der Waals surface area contributed by atoms with Crippen molar-refractivity contribution in [2.24, 2.45) is 0 Å². The van der Waals surface area contributed by atoms with Crippen LogP contribution < -0.4 is 14.4 Å². The van der Waals surface area contributed by atoms with Gasteiger partial charge in [0, 0.05) is 13.0 Å². The van der Waals surface area contributed by atoms with E-state index in [0.717, 1.165) is 0 Å². The topological polar surface area (TPSA) is 85.2 Å². The Hall–Kier alpha value is -1.77. The highest BCUT2D eigenvalue weighted by Crippen LogP contribution is 2.61. The minimum atomic E-state index is -3.32. The van der Waals surface area contributed by atoms with Crippen molar-refractivity contribution >= 4 is 22.2 Å². The molecule has 7 heteroatoms. The molecule has 0 aromatic heterocycles. The second-order valence-corrected chi connectivity index (χ2v) is 7.67. The lowest BCUT2D eigenvalue weighted by Gasteiger charge is -2.52. The van der Waals surface area contributed by atoms with Crippen LogP contribution in [0.2, 0.25) is 0 Å². The largest absolute Gasteiger partial charge is 0.466 e. The van der Waals surface area contributed by atoms with Crippen molar-refractivity contribution < 1.29 is 18.9 Å². The number of nitrogens with one attached hydrogen (secondary N) is 1. The summed E-state index contributed by atoms with van der Waals surface area (Å²) in [4.78, 5) is 0. The third-order valence-electron chi connectivity index (χ3n) is 3.86. The quantitative estimate of drug-likeness (QED) is 0.663. The number of hydrogen-bond donors (Lipinski definition) is 4. The molecule has 0 saturated carbocycles. The molecule has 1 heterocycles. The summed E-state index contributed by atoms with van der Waals surface area (Å²) < 4.78 is 29.2. The van der Waals surface area contributed by atoms with Crippen LogP contribution >= 0.6 is 10.8 Å². The van der Waals surface area contributed by atoms with Crippen LogP contribution in [0, 0.1) is 0 Å². The Morgan fingerprint density at radius 3 is 2.50 bits per heavy atom. The van der Waals surface area contributed by atoms with E-state index in [-0.39, 0.29) is 6.42 Å². The minimum Gasteiger partial charge on any atom is -0.466 e. The van der Waals surface area contributed by atoms with Crippen molar-refractivity contribution in [2.45, 2.75) is 18.0 Å². The SMILES string of the molecule is CNC[C@@H](O)CC1Oc2ccccc2N(c2ccccc2)S1(O)O. The molecule has 0 spiro atoms. The zero-order valence-electron chi connectivity index (χ0n) is 13.4. The summed E-state index contributed by atoms with van der Waals surface area (Å²) in [5.41, 5.74) is 0.348. The normalized spacial score (nSPS) is 21.5. The first kappa shape index (κ1) is 17.1. The first-order chi connectivity index (χ1) is 11.5. The highest BCUT2D eigenvalue weighted by molar-refractivity contribution is 8.26. The average molecular weight is 350 g/mol. The van der Waals surface area contributed by atoms with Crippen LogP contribution in [0.25, 0.3) is 0 Å². The van der Waals surface area contributed by atoms with Gasteiger partial charge < -0.3 is 15.2 Å². The van der Waals surface area contributed by atoms with Gasteiger partial charge in [-0.1, -0.05) is 41.1 Å². The summed E-state index contributed by atoms with van der Waals surface area (Å²) in [5, 5.41) is 12.9. The maximum Gasteiger partial charge on any atom is 0.209 e. The molecule has 0 fully saturated rings. The van der Waals surface area contributed by atoms with E-state index in [1.54, 1.807) is 19.2 Å². The third-order valence-corrected chi connectivity index (χ3v) is 5.80. The Bertz CT molecular complexity index is 683. The van der Waals surface area contributed by atoms with Crippen LogP contribution in [-0.4, -0.2) is 39.3 Å². The Kier molecular flexibility index (Phi) is 4.98. The second kappa shape index (κ2) is 7.00. The molecule has 24 heavy (non-hydrogen) atoms. The van der Waals surface area contributed by atoms with Crippen LogP contribution in [0.4, 0.5) is 11.4 Å². The van der Waals surface area contributed by atoms with Crippen molar-refractivity contribution in [3.8, 4) is 5.75 Å². The van der Waals surface area contributed by atoms with Gasteiger partial charge in [-0.3, -0.25) is 9.11 Å². The molecule has 3 rings (SSSR count). The molecule has 0 amide bonds. The van der Waals surface area contributed by atoms with E-state index in [1.165, 1.54) is 4.31 Å². The maximum atomic E-state index is 10.9. The number of anilines is 2. The van der Waals surface area contributed by atoms with Gasteiger partial charge in [0.05, 0.1) is 11.8 Å². The van der Waals surface area contributed by atoms with Crippen LogP contribution in [0.15, 0.2) is 54.6 Å². The summed E-state index contributed by atoms with van der Waals surface area (Å²) in [6.45, 7) is 0.350. The second-order valence-electron chi connectivity index (χ2n) is 5.65. The fraction of sp³-hybridized carbons (Fsp3) is 0.294. The van der Waals surface area contributed by atoms with E-state index in [4.69, 9.17) is 4.74 Å². The molecule has 0 saturated heterocycles. The fourth-order valence-electron chi connectivity index (χ4n) is 2.77. The van der Waals surface area contributed by atoms with Gasteiger partial charge in [0.15, 0.2) is 0 Å². The minimum absolute atomic E-state index is 0.112. The Labute approximate surface area is 143 Å². The molecule has 0 aliphatic carbocycles. The summed E-state index contributed by atoms with van der Waals surface area (Å²) in [6.07, 6.45) is -0.630. The number of benzene rings is 2. The summed E-state index contributed by atoms with van der Waals surface area (Å²) >= 11 is 0. The van der Waals surface area contributed by atoms with Gasteiger partial charge >= 0.3 is 0 Å². The number of rotatable bonds is 5. The molecule has 1 aliphatic rings. The molecular formula is C17H22N2O4S. The smallest absolute Gasteiger partial charge is 0.209 e. The van der Waals surface area contributed by atoms with Crippen molar-refractivity contribution in [3.05, 3.63) is 54.6 Å². The molecular weight excluding hydrogens is 328 g/mol. The van der Waals surface area contributed by atoms with E-state index < -0.39 is 22.3 Å². The lowest BCUT2D eigenvalue weighted by molar-refractivity contribution is 0.119. The predicted molar refractivity (Wildman–Crippen MR) is 96.8 cm³/mol. The number of para-hydroxylation sites is 3. The number of aliphatic hydroxyl groups excluding tert-OH is 1. The van der Waals surface area contributed by atoms with Gasteiger partial charge in [-0.05, 0) is 31.3 Å². The highest BCUT2D eigenvalue weighted by atomic mass is 32.3. The molecule has 6 nitrogen and oxygen atoms in total. The number of ether oxygens (including phenoxy) is 1. The van der Waals surface area contributed by atoms with Crippen LogP contribution in [0.1, 0.15) is 6.42 Å². The molecule has 4 N–H and O–H groups in total. The zero-order chi connectivity index (χ0) is 17.2. The van der Waals surface area contributed by atoms with Crippen molar-refractivity contribution in [1.82, 2.24) is 5.32 Å². The van der Waals surface area contributed by atoms with Crippen molar-refractivity contribution in [2.75, 3.05) is 17.9 Å². The van der Waals surface area contributed by atoms with E-state index in [0.29, 0.717) is 23.7 Å². The maximum absolute atomic E-state index is 10.9. The molecule has 2 atom stereocenters. The zero-order valence-corrected chi connectivity index (χ0v) is 14.2. The lowest BCUT2D eigenvalue weighted by atomic mass is 10.2. The summed E-state index contributed by atoms with van der Waals surface area (Å²) in [6, 6.07) is 16.4. The Balaban J connectivity index is 2.02. The van der Waals surface area contributed by atoms with E-state index in [9.17, 15) is 14.2 Å². The van der Waals surface area contributed by atoms with Gasteiger partial charge in [-0.25, -0.2) is 4.31 Å². The van der Waals surface area contributed by atoms with E-state index >= 15 is 0 Å². The first-order valence-corrected chi connectivity index (χ1v) is 9.31. The molecule has 1 aliphatic heterocycles. The molecule has 0 radical (unpaired) electrons. The van der Waals surface area contributed by atoms with Crippen LogP contribution in [-0.2, 0) is 0 Å². The Morgan fingerprint density at radius 2 is 1.79 bits per heavy atom. The van der Waals surface area contributed by atoms with Gasteiger partial charge in [0.25, 0.3) is 0 Å². The summed E-state index contributed by atoms with van der Waals surface area (Å²) in [7, 11) is -1.59. The van der Waals surface area contributed by atoms with Crippen LogP contribution in [0.5, 0.6) is 5.75 Å².